The summed E-state index contributed by atoms with van der Waals surface area (Å²) in [5.41, 5.74) is 0.264. The normalized spacial score (nSPS) is 24.8. The number of hydrogen-bond acceptors (Lipinski definition) is 2. The van der Waals surface area contributed by atoms with Crippen LogP contribution in [0.2, 0.25) is 0 Å². The van der Waals surface area contributed by atoms with E-state index in [9.17, 15) is 9.59 Å². The summed E-state index contributed by atoms with van der Waals surface area (Å²) < 4.78 is 0. The minimum Gasteiger partial charge on any atom is -0.313 e. The fourth-order valence-corrected chi connectivity index (χ4v) is 1.88. The van der Waals surface area contributed by atoms with Crippen molar-refractivity contribution in [3.05, 3.63) is 35.9 Å². The minimum absolute atomic E-state index is 0.233. The summed E-state index contributed by atoms with van der Waals surface area (Å²) in [6, 6.07) is 9.35. The van der Waals surface area contributed by atoms with Crippen molar-refractivity contribution in [2.24, 2.45) is 0 Å². The Labute approximate surface area is 94.2 Å². The van der Waals surface area contributed by atoms with E-state index in [0.717, 1.165) is 5.56 Å². The molecule has 0 spiro atoms. The SMILES string of the molecule is CN1C(=O)NC(=O)[C@@]1(C)Cc1ccccc1. The lowest BCUT2D eigenvalue weighted by molar-refractivity contribution is -0.125. The Morgan fingerprint density at radius 1 is 1.25 bits per heavy atom. The van der Waals surface area contributed by atoms with Gasteiger partial charge in [0.05, 0.1) is 0 Å². The molecule has 0 unspecified atom stereocenters. The number of urea groups is 1. The molecule has 0 radical (unpaired) electrons. The monoisotopic (exact) mass is 218 g/mol. The molecule has 1 saturated heterocycles. The van der Waals surface area contributed by atoms with Gasteiger partial charge < -0.3 is 4.90 Å². The zero-order chi connectivity index (χ0) is 11.8. The van der Waals surface area contributed by atoms with Crippen LogP contribution in [0.4, 0.5) is 4.79 Å². The second kappa shape index (κ2) is 3.63. The van der Waals surface area contributed by atoms with Crippen molar-refractivity contribution in [1.82, 2.24) is 10.2 Å². The summed E-state index contributed by atoms with van der Waals surface area (Å²) >= 11 is 0. The molecule has 16 heavy (non-hydrogen) atoms. The third kappa shape index (κ3) is 1.56. The standard InChI is InChI=1S/C12H14N2O2/c1-12(8-9-6-4-3-5-7-9)10(15)13-11(16)14(12)2/h3-7H,8H2,1-2H3,(H,13,15,16)/t12-/m1/s1. The first-order chi connectivity index (χ1) is 7.54. The molecule has 1 N–H and O–H groups in total. The second-order valence-corrected chi connectivity index (χ2v) is 4.25. The Morgan fingerprint density at radius 3 is 2.38 bits per heavy atom. The molecule has 0 aliphatic carbocycles. The molecule has 3 amide bonds. The van der Waals surface area contributed by atoms with Crippen LogP contribution in [0.5, 0.6) is 0 Å². The van der Waals surface area contributed by atoms with Crippen molar-refractivity contribution in [3.63, 3.8) is 0 Å². The van der Waals surface area contributed by atoms with E-state index in [1.54, 1.807) is 14.0 Å². The van der Waals surface area contributed by atoms with Gasteiger partial charge >= 0.3 is 6.03 Å². The molecule has 4 heteroatoms. The van der Waals surface area contributed by atoms with E-state index < -0.39 is 5.54 Å². The Bertz CT molecular complexity index is 430. The number of carbonyl (C=O) groups excluding carboxylic acids is 2. The number of hydrogen-bond donors (Lipinski definition) is 1. The Balaban J connectivity index is 2.26. The van der Waals surface area contributed by atoms with Gasteiger partial charge in [0, 0.05) is 13.5 Å². The van der Waals surface area contributed by atoms with Gasteiger partial charge in [-0.3, -0.25) is 10.1 Å². The van der Waals surface area contributed by atoms with E-state index in [1.807, 2.05) is 30.3 Å². The van der Waals surface area contributed by atoms with Crippen molar-refractivity contribution >= 4 is 11.9 Å². The lowest BCUT2D eigenvalue weighted by Crippen LogP contribution is -2.46. The maximum Gasteiger partial charge on any atom is 0.324 e. The third-order valence-corrected chi connectivity index (χ3v) is 3.15. The highest BCUT2D eigenvalue weighted by Crippen LogP contribution is 2.24. The number of amides is 3. The number of nitrogens with one attached hydrogen (secondary N) is 1. The van der Waals surface area contributed by atoms with Gasteiger partial charge in [-0.05, 0) is 12.5 Å². The first kappa shape index (κ1) is 10.7. The predicted molar refractivity (Wildman–Crippen MR) is 59.9 cm³/mol. The molecule has 4 nitrogen and oxygen atoms in total. The van der Waals surface area contributed by atoms with Gasteiger partial charge in [0.2, 0.25) is 0 Å². The van der Waals surface area contributed by atoms with Crippen molar-refractivity contribution in [3.8, 4) is 0 Å². The second-order valence-electron chi connectivity index (χ2n) is 4.25. The van der Waals surface area contributed by atoms with E-state index in [4.69, 9.17) is 0 Å². The van der Waals surface area contributed by atoms with E-state index >= 15 is 0 Å². The van der Waals surface area contributed by atoms with Crippen molar-refractivity contribution < 1.29 is 9.59 Å². The van der Waals surface area contributed by atoms with E-state index in [1.165, 1.54) is 4.90 Å². The summed E-state index contributed by atoms with van der Waals surface area (Å²) in [6.45, 7) is 1.78. The number of imide groups is 1. The molecule has 2 rings (SSSR count). The quantitative estimate of drug-likeness (QED) is 0.757. The highest BCUT2D eigenvalue weighted by atomic mass is 16.2. The zero-order valence-corrected chi connectivity index (χ0v) is 9.36. The van der Waals surface area contributed by atoms with Crippen LogP contribution in [-0.4, -0.2) is 29.4 Å². The molecule has 1 aliphatic heterocycles. The maximum absolute atomic E-state index is 11.7. The predicted octanol–water partition coefficient (Wildman–Crippen LogP) is 1.17. The van der Waals surface area contributed by atoms with Crippen molar-refractivity contribution in [1.29, 1.82) is 0 Å². The number of rotatable bonds is 2. The van der Waals surface area contributed by atoms with Gasteiger partial charge in [0.25, 0.3) is 5.91 Å². The Hall–Kier alpha value is -1.84. The van der Waals surface area contributed by atoms with Crippen molar-refractivity contribution in [2.45, 2.75) is 18.9 Å². The lowest BCUT2D eigenvalue weighted by atomic mass is 9.92. The molecule has 1 heterocycles. The molecule has 1 fully saturated rings. The van der Waals surface area contributed by atoms with Gasteiger partial charge in [-0.15, -0.1) is 0 Å². The van der Waals surface area contributed by atoms with E-state index in [2.05, 4.69) is 5.32 Å². The number of nitrogens with zero attached hydrogens (tertiary/aromatic N) is 1. The fourth-order valence-electron chi connectivity index (χ4n) is 1.88. The number of benzene rings is 1. The Kier molecular flexibility index (Phi) is 2.42. The molecular formula is C12H14N2O2. The van der Waals surface area contributed by atoms with Gasteiger partial charge in [-0.1, -0.05) is 30.3 Å². The fraction of sp³-hybridized carbons (Fsp3) is 0.333. The molecule has 0 aromatic heterocycles. The zero-order valence-electron chi connectivity index (χ0n) is 9.36. The molecule has 1 aromatic rings. The molecule has 1 aliphatic rings. The summed E-state index contributed by atoms with van der Waals surface area (Å²) in [5.74, 6) is -0.233. The highest BCUT2D eigenvalue weighted by Gasteiger charge is 2.46. The molecule has 0 saturated carbocycles. The average Bonchev–Trinajstić information content (AvgIpc) is 2.45. The van der Waals surface area contributed by atoms with Crippen LogP contribution in [0.1, 0.15) is 12.5 Å². The van der Waals surface area contributed by atoms with Gasteiger partial charge in [-0.2, -0.15) is 0 Å². The topological polar surface area (TPSA) is 49.4 Å². The maximum atomic E-state index is 11.7. The number of likely N-dealkylation sites (N-methyl/N-ethyl adjacent to an activating group) is 1. The first-order valence-electron chi connectivity index (χ1n) is 5.17. The van der Waals surface area contributed by atoms with E-state index in [0.29, 0.717) is 6.42 Å². The molecule has 84 valence electrons. The largest absolute Gasteiger partial charge is 0.324 e. The highest BCUT2D eigenvalue weighted by molar-refractivity contribution is 6.06. The van der Waals surface area contributed by atoms with Crippen molar-refractivity contribution in [2.75, 3.05) is 7.05 Å². The summed E-state index contributed by atoms with van der Waals surface area (Å²) in [4.78, 5) is 24.6. The van der Waals surface area contributed by atoms with Crippen LogP contribution in [0.25, 0.3) is 0 Å². The number of carbonyl (C=O) groups is 2. The first-order valence-corrected chi connectivity index (χ1v) is 5.17. The Morgan fingerprint density at radius 2 is 1.88 bits per heavy atom. The van der Waals surface area contributed by atoms with E-state index in [-0.39, 0.29) is 11.9 Å². The lowest BCUT2D eigenvalue weighted by Gasteiger charge is -2.28. The van der Waals surface area contributed by atoms with Crippen LogP contribution >= 0.6 is 0 Å². The molecule has 1 atom stereocenters. The smallest absolute Gasteiger partial charge is 0.313 e. The minimum atomic E-state index is -0.779. The summed E-state index contributed by atoms with van der Waals surface area (Å²) in [5, 5.41) is 2.33. The van der Waals surface area contributed by atoms with Gasteiger partial charge in [0.15, 0.2) is 0 Å². The summed E-state index contributed by atoms with van der Waals surface area (Å²) in [7, 11) is 1.64. The molecule has 0 bridgehead atoms. The van der Waals surface area contributed by atoms with Crippen LogP contribution in [0, 0.1) is 0 Å². The summed E-state index contributed by atoms with van der Waals surface area (Å²) in [6.07, 6.45) is 0.530. The van der Waals surface area contributed by atoms with Crippen LogP contribution < -0.4 is 5.32 Å². The van der Waals surface area contributed by atoms with Crippen LogP contribution in [-0.2, 0) is 11.2 Å². The van der Waals surface area contributed by atoms with Gasteiger partial charge in [0.1, 0.15) is 5.54 Å². The van der Waals surface area contributed by atoms with Crippen LogP contribution in [0.15, 0.2) is 30.3 Å². The molecular weight excluding hydrogens is 204 g/mol. The van der Waals surface area contributed by atoms with Gasteiger partial charge in [-0.25, -0.2) is 4.79 Å². The van der Waals surface area contributed by atoms with Crippen LogP contribution in [0.3, 0.4) is 0 Å². The third-order valence-electron chi connectivity index (χ3n) is 3.15. The molecule has 1 aromatic carbocycles. The average molecular weight is 218 g/mol.